The van der Waals surface area contributed by atoms with Crippen LogP contribution in [-0.4, -0.2) is 22.3 Å². The molecule has 0 bridgehead atoms. The van der Waals surface area contributed by atoms with Gasteiger partial charge < -0.3 is 14.9 Å². The molecule has 4 saturated carbocycles. The number of aromatic hydroxyl groups is 2. The molecule has 4 fully saturated rings. The van der Waals surface area contributed by atoms with Gasteiger partial charge in [-0.05, 0) is 141 Å². The topological polar surface area (TPSA) is 66.8 Å². The quantitative estimate of drug-likeness (QED) is 0.342. The minimum atomic E-state index is -0.119. The molecule has 0 radical (unpaired) electrons. The van der Waals surface area contributed by atoms with Crippen LogP contribution >= 0.6 is 0 Å². The van der Waals surface area contributed by atoms with Crippen molar-refractivity contribution in [3.63, 3.8) is 0 Å². The zero-order valence-corrected chi connectivity index (χ0v) is 22.3. The summed E-state index contributed by atoms with van der Waals surface area (Å²) in [6.45, 7) is 9.17. The monoisotopic (exact) mass is 482 g/mol. The third-order valence-electron chi connectivity index (χ3n) is 11.6. The Hall–Kier alpha value is -1.71. The molecule has 4 heteroatoms. The van der Waals surface area contributed by atoms with Crippen molar-refractivity contribution in [2.24, 2.45) is 46.3 Å². The van der Waals surface area contributed by atoms with Gasteiger partial charge in [0.05, 0.1) is 0 Å². The number of benzene rings is 1. The van der Waals surface area contributed by atoms with Gasteiger partial charge in [0.25, 0.3) is 0 Å². The number of rotatable bonds is 5. The highest BCUT2D eigenvalue weighted by Gasteiger charge is 2.60. The molecule has 4 aliphatic carbocycles. The molecule has 194 valence electrons. The van der Waals surface area contributed by atoms with Crippen LogP contribution in [0.4, 0.5) is 0 Å². The summed E-state index contributed by atoms with van der Waals surface area (Å²) in [4.78, 5) is 11.5. The second kappa shape index (κ2) is 9.30. The lowest BCUT2D eigenvalue weighted by Gasteiger charge is -2.61. The van der Waals surface area contributed by atoms with Crippen LogP contribution in [0.1, 0.15) is 97.5 Å². The molecule has 5 rings (SSSR count). The van der Waals surface area contributed by atoms with Crippen molar-refractivity contribution in [1.82, 2.24) is 0 Å². The number of ether oxygens (including phenoxy) is 1. The Kier molecular flexibility index (Phi) is 6.64. The fourth-order valence-electron chi connectivity index (χ4n) is 9.89. The molecule has 0 unspecified atom stereocenters. The first-order valence-electron chi connectivity index (χ1n) is 14.3. The zero-order chi connectivity index (χ0) is 25.0. The van der Waals surface area contributed by atoms with Crippen LogP contribution in [0.25, 0.3) is 0 Å². The smallest absolute Gasteiger partial charge is 0.302 e. The highest BCUT2D eigenvalue weighted by atomic mass is 16.5. The molecule has 0 spiro atoms. The average molecular weight is 483 g/mol. The number of hydrogen-bond acceptors (Lipinski definition) is 4. The summed E-state index contributed by atoms with van der Waals surface area (Å²) in [6, 6.07) is 4.89. The van der Waals surface area contributed by atoms with Crippen molar-refractivity contribution >= 4 is 5.97 Å². The van der Waals surface area contributed by atoms with Crippen molar-refractivity contribution in [1.29, 1.82) is 0 Å². The molecule has 2 N–H and O–H groups in total. The van der Waals surface area contributed by atoms with Crippen LogP contribution in [0.15, 0.2) is 18.2 Å². The second-order valence-corrected chi connectivity index (χ2v) is 13.2. The number of aryl methyl sites for hydroxylation is 1. The molecule has 0 aromatic heterocycles. The number of carbonyl (C=O) groups is 1. The molecule has 0 saturated heterocycles. The summed E-state index contributed by atoms with van der Waals surface area (Å²) in [5.74, 6) is 5.02. The van der Waals surface area contributed by atoms with Crippen LogP contribution in [0, 0.1) is 46.3 Å². The van der Waals surface area contributed by atoms with E-state index in [1.54, 1.807) is 25.1 Å². The summed E-state index contributed by atoms with van der Waals surface area (Å²) in [5, 5.41) is 20.1. The Balaban J connectivity index is 1.26. The molecule has 0 aliphatic heterocycles. The van der Waals surface area contributed by atoms with Gasteiger partial charge in [-0.2, -0.15) is 0 Å². The van der Waals surface area contributed by atoms with E-state index in [2.05, 4.69) is 20.8 Å². The SMILES string of the molecule is CC(=O)O[C@@H]1CC[C@@]2(C)[C@H](CC[C@@H]3[C@@H]2CC[C@]2(C)[C@@H]([C@H](C)CCc4cc(O)ccc4O)CC[C@@H]32)C1. The third kappa shape index (κ3) is 4.37. The average Bonchev–Trinajstić information content (AvgIpc) is 3.16. The summed E-state index contributed by atoms with van der Waals surface area (Å²) in [5.41, 5.74) is 1.72. The molecule has 35 heavy (non-hydrogen) atoms. The van der Waals surface area contributed by atoms with Crippen molar-refractivity contribution in [2.75, 3.05) is 0 Å². The third-order valence-corrected chi connectivity index (χ3v) is 11.6. The zero-order valence-electron chi connectivity index (χ0n) is 22.3. The molecule has 0 heterocycles. The lowest BCUT2D eigenvalue weighted by atomic mass is 9.44. The molecular weight excluding hydrogens is 436 g/mol. The Morgan fingerprint density at radius 2 is 1.77 bits per heavy atom. The van der Waals surface area contributed by atoms with E-state index in [0.717, 1.165) is 54.9 Å². The molecule has 1 aromatic rings. The predicted molar refractivity (Wildman–Crippen MR) is 138 cm³/mol. The predicted octanol–water partition coefficient (Wildman–Crippen LogP) is 7.26. The van der Waals surface area contributed by atoms with E-state index in [1.165, 1.54) is 44.9 Å². The van der Waals surface area contributed by atoms with Crippen LogP contribution in [0.3, 0.4) is 0 Å². The number of phenols is 2. The van der Waals surface area contributed by atoms with E-state index in [4.69, 9.17) is 4.74 Å². The minimum absolute atomic E-state index is 0.119. The molecule has 1 aromatic carbocycles. The fraction of sp³-hybridized carbons (Fsp3) is 0.774. The maximum atomic E-state index is 11.5. The summed E-state index contributed by atoms with van der Waals surface area (Å²) in [7, 11) is 0. The molecular formula is C31H46O4. The first kappa shape index (κ1) is 25.0. The minimum Gasteiger partial charge on any atom is -0.508 e. The molecule has 4 nitrogen and oxygen atoms in total. The normalized spacial score (nSPS) is 41.4. The van der Waals surface area contributed by atoms with Gasteiger partial charge in [-0.3, -0.25) is 4.79 Å². The first-order chi connectivity index (χ1) is 16.6. The van der Waals surface area contributed by atoms with Crippen molar-refractivity contribution in [3.8, 4) is 11.5 Å². The van der Waals surface area contributed by atoms with Gasteiger partial charge in [-0.1, -0.05) is 20.8 Å². The fourth-order valence-corrected chi connectivity index (χ4v) is 9.89. The van der Waals surface area contributed by atoms with Crippen molar-refractivity contribution in [3.05, 3.63) is 23.8 Å². The van der Waals surface area contributed by atoms with Gasteiger partial charge >= 0.3 is 5.97 Å². The number of hydrogen-bond donors (Lipinski definition) is 2. The van der Waals surface area contributed by atoms with E-state index in [9.17, 15) is 15.0 Å². The van der Waals surface area contributed by atoms with Gasteiger partial charge in [0.2, 0.25) is 0 Å². The van der Waals surface area contributed by atoms with Crippen LogP contribution in [0.5, 0.6) is 11.5 Å². The maximum absolute atomic E-state index is 11.5. The number of carbonyl (C=O) groups excluding carboxylic acids is 1. The van der Waals surface area contributed by atoms with Gasteiger partial charge in [0, 0.05) is 6.92 Å². The Labute approximate surface area is 211 Å². The molecule has 4 aliphatic rings. The standard InChI is InChI=1S/C31H46O4/c1-19(5-6-21-17-23(33)8-12-29(21)34)26-10-11-27-25-9-7-22-18-24(35-20(2)32)13-15-30(22,3)28(25)14-16-31(26,27)4/h8,12,17,19,22,24-28,33-34H,5-7,9-11,13-16,18H2,1-4H3/t19-,22-,24-,25+,26-,27+,28+,30+,31-/m1/s1. The molecule has 9 atom stereocenters. The highest BCUT2D eigenvalue weighted by Crippen LogP contribution is 2.68. The van der Waals surface area contributed by atoms with Gasteiger partial charge in [-0.25, -0.2) is 0 Å². The maximum Gasteiger partial charge on any atom is 0.302 e. The Morgan fingerprint density at radius 3 is 2.54 bits per heavy atom. The number of esters is 1. The van der Waals surface area contributed by atoms with E-state index in [1.807, 2.05) is 0 Å². The Bertz CT molecular complexity index is 942. The van der Waals surface area contributed by atoms with E-state index in [-0.39, 0.29) is 17.8 Å². The summed E-state index contributed by atoms with van der Waals surface area (Å²) in [6.07, 6.45) is 13.4. The highest BCUT2D eigenvalue weighted by molar-refractivity contribution is 5.66. The van der Waals surface area contributed by atoms with Gasteiger partial charge in [-0.15, -0.1) is 0 Å². The summed E-state index contributed by atoms with van der Waals surface area (Å²) >= 11 is 0. The second-order valence-electron chi connectivity index (χ2n) is 13.2. The largest absolute Gasteiger partial charge is 0.508 e. The molecule has 0 amide bonds. The summed E-state index contributed by atoms with van der Waals surface area (Å²) < 4.78 is 5.65. The number of fused-ring (bicyclic) bond motifs is 5. The lowest BCUT2D eigenvalue weighted by molar-refractivity contribution is -0.160. The Morgan fingerprint density at radius 1 is 1.03 bits per heavy atom. The van der Waals surface area contributed by atoms with Gasteiger partial charge in [0.1, 0.15) is 17.6 Å². The van der Waals surface area contributed by atoms with E-state index >= 15 is 0 Å². The van der Waals surface area contributed by atoms with Crippen LogP contribution in [0.2, 0.25) is 0 Å². The first-order valence-corrected chi connectivity index (χ1v) is 14.3. The van der Waals surface area contributed by atoms with Crippen molar-refractivity contribution < 1.29 is 19.7 Å². The van der Waals surface area contributed by atoms with Crippen LogP contribution < -0.4 is 0 Å². The van der Waals surface area contributed by atoms with E-state index < -0.39 is 0 Å². The lowest BCUT2D eigenvalue weighted by Crippen LogP contribution is -2.54. The van der Waals surface area contributed by atoms with Crippen LogP contribution in [-0.2, 0) is 16.0 Å². The van der Waals surface area contributed by atoms with E-state index in [0.29, 0.717) is 28.4 Å². The van der Waals surface area contributed by atoms with Gasteiger partial charge in [0.15, 0.2) is 0 Å². The van der Waals surface area contributed by atoms with Crippen molar-refractivity contribution in [2.45, 2.75) is 104 Å². The number of phenolic OH excluding ortho intramolecular Hbond substituents is 2.